The van der Waals surface area contributed by atoms with Crippen molar-refractivity contribution in [3.8, 4) is 6.07 Å². The molecule has 0 aliphatic carbocycles. The second-order valence-electron chi connectivity index (χ2n) is 7.13. The number of hydrogen-bond acceptors (Lipinski definition) is 4. The number of piperidine rings is 1. The Morgan fingerprint density at radius 2 is 1.67 bits per heavy atom. The van der Waals surface area contributed by atoms with Crippen molar-refractivity contribution in [3.05, 3.63) is 75.8 Å². The van der Waals surface area contributed by atoms with Crippen molar-refractivity contribution < 1.29 is 9.59 Å². The van der Waals surface area contributed by atoms with Crippen molar-refractivity contribution in [2.45, 2.75) is 19.3 Å². The number of amidine groups is 1. The largest absolute Gasteiger partial charge is 0.338 e. The fourth-order valence-corrected chi connectivity index (χ4v) is 3.91. The molecule has 0 saturated carbocycles. The molecule has 1 N–H and O–H groups in total. The van der Waals surface area contributed by atoms with Crippen LogP contribution in [0.15, 0.2) is 59.1 Å². The minimum Gasteiger partial charge on any atom is -0.338 e. The molecule has 2 aromatic carbocycles. The summed E-state index contributed by atoms with van der Waals surface area (Å²) in [5.41, 5.74) is 1.91. The second kappa shape index (κ2) is 8.52. The van der Waals surface area contributed by atoms with Crippen molar-refractivity contribution in [3.63, 3.8) is 0 Å². The van der Waals surface area contributed by atoms with Gasteiger partial charge in [0.25, 0.3) is 11.8 Å². The van der Waals surface area contributed by atoms with Gasteiger partial charge in [0.1, 0.15) is 17.5 Å². The van der Waals surface area contributed by atoms with E-state index >= 15 is 0 Å². The quantitative estimate of drug-likeness (QED) is 0.594. The molecule has 0 aromatic heterocycles. The average molecular weight is 419 g/mol. The number of carbonyl (C=O) groups excluding carboxylic acids is 2. The number of carbonyl (C=O) groups is 2. The Bertz CT molecular complexity index is 1120. The average Bonchev–Trinajstić information content (AvgIpc) is 3.13. The highest BCUT2D eigenvalue weighted by molar-refractivity contribution is 6.34. The molecule has 2 heterocycles. The summed E-state index contributed by atoms with van der Waals surface area (Å²) in [7, 11) is 0. The molecule has 0 radical (unpaired) electrons. The first-order chi connectivity index (χ1) is 14.6. The van der Waals surface area contributed by atoms with Gasteiger partial charge in [-0.15, -0.1) is 0 Å². The number of aliphatic imine (C=N–C) groups is 1. The predicted octanol–water partition coefficient (Wildman–Crippen LogP) is 3.78. The Hall–Kier alpha value is -3.43. The van der Waals surface area contributed by atoms with Crippen LogP contribution in [-0.4, -0.2) is 35.6 Å². The van der Waals surface area contributed by atoms with Crippen LogP contribution in [0.4, 0.5) is 0 Å². The van der Waals surface area contributed by atoms with Crippen LogP contribution in [0.2, 0.25) is 5.02 Å². The molecule has 7 heteroatoms. The number of likely N-dealkylation sites (tertiary alicyclic amines) is 1. The monoisotopic (exact) mass is 418 g/mol. The maximum Gasteiger partial charge on any atom is 0.266 e. The van der Waals surface area contributed by atoms with E-state index in [1.807, 2.05) is 18.2 Å². The molecule has 4 rings (SSSR count). The molecule has 0 bridgehead atoms. The number of nitriles is 1. The summed E-state index contributed by atoms with van der Waals surface area (Å²) in [6.07, 6.45) is 2.94. The summed E-state index contributed by atoms with van der Waals surface area (Å²) in [6, 6.07) is 16.0. The zero-order valence-corrected chi connectivity index (χ0v) is 16.9. The summed E-state index contributed by atoms with van der Waals surface area (Å²) >= 11 is 6.13. The van der Waals surface area contributed by atoms with Crippen LogP contribution in [0, 0.1) is 11.3 Å². The Balaban J connectivity index is 1.72. The molecule has 6 nitrogen and oxygen atoms in total. The molecule has 2 amide bonds. The molecule has 2 aromatic rings. The summed E-state index contributed by atoms with van der Waals surface area (Å²) in [4.78, 5) is 31.9. The smallest absolute Gasteiger partial charge is 0.266 e. The molecule has 2 aliphatic heterocycles. The Morgan fingerprint density at radius 3 is 2.37 bits per heavy atom. The highest BCUT2D eigenvalue weighted by atomic mass is 35.5. The standard InChI is InChI=1S/C23H19ClN4O2/c24-19-11-5-4-10-17(19)22(29)27-21-16-9-3-2-8-15(16)20(26-21)18(14-25)23(30)28-12-6-1-7-13-28/h2-5,8-11H,1,6-7,12-13H2,(H,26,27,29)/b20-18-. The van der Waals surface area contributed by atoms with Gasteiger partial charge in [-0.2, -0.15) is 5.26 Å². The number of benzene rings is 2. The van der Waals surface area contributed by atoms with Gasteiger partial charge in [-0.3, -0.25) is 9.59 Å². The highest BCUT2D eigenvalue weighted by Crippen LogP contribution is 2.31. The second-order valence-corrected chi connectivity index (χ2v) is 7.54. The maximum absolute atomic E-state index is 13.0. The van der Waals surface area contributed by atoms with E-state index in [2.05, 4.69) is 10.3 Å². The van der Waals surface area contributed by atoms with E-state index in [0.717, 1.165) is 19.3 Å². The van der Waals surface area contributed by atoms with Crippen LogP contribution in [0.1, 0.15) is 40.7 Å². The predicted molar refractivity (Wildman–Crippen MR) is 115 cm³/mol. The number of nitrogens with one attached hydrogen (secondary N) is 1. The van der Waals surface area contributed by atoms with E-state index in [0.29, 0.717) is 40.6 Å². The summed E-state index contributed by atoms with van der Waals surface area (Å²) in [5.74, 6) is -0.426. The summed E-state index contributed by atoms with van der Waals surface area (Å²) in [6.45, 7) is 1.28. The lowest BCUT2D eigenvalue weighted by Crippen LogP contribution is -2.36. The molecule has 30 heavy (non-hydrogen) atoms. The fourth-order valence-electron chi connectivity index (χ4n) is 3.69. The molecule has 2 aliphatic rings. The SMILES string of the molecule is N#C/C(C(=O)N1CCCCC1)=C1/N=C(NC(=O)c2ccccc2Cl)c2ccccc21. The molecule has 1 saturated heterocycles. The van der Waals surface area contributed by atoms with Gasteiger partial charge in [-0.1, -0.05) is 48.0 Å². The number of fused-ring (bicyclic) bond motifs is 1. The van der Waals surface area contributed by atoms with Gasteiger partial charge in [0.05, 0.1) is 16.3 Å². The van der Waals surface area contributed by atoms with E-state index < -0.39 is 5.91 Å². The molecular weight excluding hydrogens is 400 g/mol. The molecule has 0 unspecified atom stereocenters. The van der Waals surface area contributed by atoms with Gasteiger partial charge in [0, 0.05) is 24.2 Å². The number of halogens is 1. The molecule has 0 spiro atoms. The molecular formula is C23H19ClN4O2. The van der Waals surface area contributed by atoms with Crippen LogP contribution in [0.5, 0.6) is 0 Å². The highest BCUT2D eigenvalue weighted by Gasteiger charge is 2.30. The number of hydrogen-bond donors (Lipinski definition) is 1. The van der Waals surface area contributed by atoms with E-state index in [4.69, 9.17) is 11.6 Å². The van der Waals surface area contributed by atoms with E-state index in [9.17, 15) is 14.9 Å². The van der Waals surface area contributed by atoms with Gasteiger partial charge < -0.3 is 10.2 Å². The lowest BCUT2D eigenvalue weighted by atomic mass is 10.0. The summed E-state index contributed by atoms with van der Waals surface area (Å²) < 4.78 is 0. The van der Waals surface area contributed by atoms with Crippen LogP contribution in [-0.2, 0) is 4.79 Å². The van der Waals surface area contributed by atoms with Crippen LogP contribution in [0.25, 0.3) is 5.70 Å². The van der Waals surface area contributed by atoms with Crippen molar-refractivity contribution in [1.29, 1.82) is 5.26 Å². The van der Waals surface area contributed by atoms with E-state index in [-0.39, 0.29) is 17.2 Å². The third-order valence-corrected chi connectivity index (χ3v) is 5.55. The molecule has 150 valence electrons. The molecule has 1 fully saturated rings. The minimum absolute atomic E-state index is 0.00802. The number of amides is 2. The molecule has 0 atom stereocenters. The Morgan fingerprint density at radius 1 is 1.00 bits per heavy atom. The first kappa shape index (κ1) is 19.9. The van der Waals surface area contributed by atoms with Gasteiger partial charge in [-0.25, -0.2) is 4.99 Å². The normalized spacial score (nSPS) is 16.9. The van der Waals surface area contributed by atoms with Crippen molar-refractivity contribution in [2.24, 2.45) is 4.99 Å². The lowest BCUT2D eigenvalue weighted by molar-refractivity contribution is -0.127. The van der Waals surface area contributed by atoms with Crippen LogP contribution < -0.4 is 5.32 Å². The van der Waals surface area contributed by atoms with Gasteiger partial charge >= 0.3 is 0 Å². The van der Waals surface area contributed by atoms with Crippen molar-refractivity contribution in [2.75, 3.05) is 13.1 Å². The Kier molecular flexibility index (Phi) is 5.64. The number of nitrogens with zero attached hydrogens (tertiary/aromatic N) is 3. The van der Waals surface area contributed by atoms with Crippen molar-refractivity contribution >= 4 is 34.9 Å². The first-order valence-electron chi connectivity index (χ1n) is 9.78. The van der Waals surface area contributed by atoms with E-state index in [1.165, 1.54) is 0 Å². The zero-order valence-electron chi connectivity index (χ0n) is 16.2. The summed E-state index contributed by atoms with van der Waals surface area (Å²) in [5, 5.41) is 12.9. The number of rotatable bonds is 2. The first-order valence-corrected chi connectivity index (χ1v) is 10.2. The zero-order chi connectivity index (χ0) is 21.1. The lowest BCUT2D eigenvalue weighted by Gasteiger charge is -2.26. The van der Waals surface area contributed by atoms with Crippen LogP contribution in [0.3, 0.4) is 0 Å². The van der Waals surface area contributed by atoms with Gasteiger partial charge in [0.2, 0.25) is 0 Å². The van der Waals surface area contributed by atoms with Gasteiger partial charge in [0.15, 0.2) is 0 Å². The van der Waals surface area contributed by atoms with Crippen molar-refractivity contribution in [1.82, 2.24) is 10.2 Å². The topological polar surface area (TPSA) is 85.6 Å². The maximum atomic E-state index is 13.0. The Labute approximate surface area is 179 Å². The third-order valence-electron chi connectivity index (χ3n) is 5.22. The van der Waals surface area contributed by atoms with Crippen LogP contribution >= 0.6 is 11.6 Å². The van der Waals surface area contributed by atoms with E-state index in [1.54, 1.807) is 41.3 Å². The fraction of sp³-hybridized carbons (Fsp3) is 0.217. The van der Waals surface area contributed by atoms with Gasteiger partial charge in [-0.05, 0) is 31.4 Å². The third kappa shape index (κ3) is 3.72. The minimum atomic E-state index is -0.406.